The van der Waals surface area contributed by atoms with E-state index in [1.54, 1.807) is 29.2 Å². The highest BCUT2D eigenvalue weighted by molar-refractivity contribution is 5.78. The minimum atomic E-state index is -0.688. The molecule has 0 heterocycles. The number of carbonyl (C=O) groups is 1. The van der Waals surface area contributed by atoms with Crippen LogP contribution in [0.1, 0.15) is 31.1 Å². The molecule has 1 aromatic carbocycles. The van der Waals surface area contributed by atoms with Gasteiger partial charge in [0.05, 0.1) is 24.3 Å². The van der Waals surface area contributed by atoms with Gasteiger partial charge in [0.2, 0.25) is 5.91 Å². The topological polar surface area (TPSA) is 76.4 Å². The Hall–Kier alpha value is -1.90. The summed E-state index contributed by atoms with van der Waals surface area (Å²) in [5.74, 6) is 0.0297. The van der Waals surface area contributed by atoms with Crippen LogP contribution >= 0.6 is 0 Å². The summed E-state index contributed by atoms with van der Waals surface area (Å²) in [6.45, 7) is 5.78. The van der Waals surface area contributed by atoms with Gasteiger partial charge >= 0.3 is 0 Å². The molecule has 1 rings (SSSR count). The number of aliphatic hydroxyl groups is 1. The van der Waals surface area contributed by atoms with Crippen LogP contribution in [0.4, 0.5) is 0 Å². The lowest BCUT2D eigenvalue weighted by Gasteiger charge is -2.19. The number of hydrogen-bond acceptors (Lipinski definition) is 4. The molecule has 0 saturated heterocycles. The van der Waals surface area contributed by atoms with Crippen molar-refractivity contribution in [2.24, 2.45) is 0 Å². The summed E-state index contributed by atoms with van der Waals surface area (Å²) in [5, 5.41) is 21.6. The number of carbonyl (C=O) groups excluding carboxylic acids is 1. The molecule has 0 aliphatic heterocycles. The van der Waals surface area contributed by atoms with Gasteiger partial charge in [-0.2, -0.15) is 5.26 Å². The van der Waals surface area contributed by atoms with E-state index < -0.39 is 6.10 Å². The second kappa shape index (κ2) is 8.31. The molecule has 2 N–H and O–H groups in total. The van der Waals surface area contributed by atoms with E-state index in [1.165, 1.54) is 0 Å². The first kappa shape index (κ1) is 16.2. The van der Waals surface area contributed by atoms with Crippen molar-refractivity contribution in [1.29, 1.82) is 5.26 Å². The van der Waals surface area contributed by atoms with Crippen LogP contribution in [-0.4, -0.2) is 42.1 Å². The number of likely N-dealkylation sites (N-methyl/N-ethyl adjacent to an activating group) is 1. The summed E-state index contributed by atoms with van der Waals surface area (Å²) < 4.78 is 0. The standard InChI is InChI=1S/C15H21N3O2/c1-3-18(4-2)15(20)11-17-10-14(19)13-7-5-12(9-16)6-8-13/h5-8,14,17,19H,3-4,10-11H2,1-2H3. The highest BCUT2D eigenvalue weighted by atomic mass is 16.3. The van der Waals surface area contributed by atoms with E-state index in [4.69, 9.17) is 5.26 Å². The van der Waals surface area contributed by atoms with E-state index in [2.05, 4.69) is 5.32 Å². The van der Waals surface area contributed by atoms with Crippen molar-refractivity contribution in [2.75, 3.05) is 26.2 Å². The second-order valence-electron chi connectivity index (χ2n) is 4.45. The number of rotatable bonds is 7. The summed E-state index contributed by atoms with van der Waals surface area (Å²) in [6.07, 6.45) is -0.688. The third-order valence-corrected chi connectivity index (χ3v) is 3.15. The van der Waals surface area contributed by atoms with Crippen LogP contribution < -0.4 is 5.32 Å². The zero-order chi connectivity index (χ0) is 15.0. The Morgan fingerprint density at radius 2 is 1.95 bits per heavy atom. The lowest BCUT2D eigenvalue weighted by atomic mass is 10.1. The van der Waals surface area contributed by atoms with Crippen molar-refractivity contribution >= 4 is 5.91 Å². The molecule has 0 bridgehead atoms. The predicted octanol–water partition coefficient (Wildman–Crippen LogP) is 1.05. The first-order valence-corrected chi connectivity index (χ1v) is 6.79. The van der Waals surface area contributed by atoms with E-state index in [-0.39, 0.29) is 12.5 Å². The second-order valence-corrected chi connectivity index (χ2v) is 4.45. The van der Waals surface area contributed by atoms with Gasteiger partial charge in [0.1, 0.15) is 0 Å². The van der Waals surface area contributed by atoms with Crippen LogP contribution in [0, 0.1) is 11.3 Å². The van der Waals surface area contributed by atoms with Crippen LogP contribution in [0.5, 0.6) is 0 Å². The fourth-order valence-corrected chi connectivity index (χ4v) is 1.90. The first-order chi connectivity index (χ1) is 9.62. The summed E-state index contributed by atoms with van der Waals surface area (Å²) in [5.41, 5.74) is 1.29. The molecule has 0 fully saturated rings. The van der Waals surface area contributed by atoms with Crippen LogP contribution in [0.2, 0.25) is 0 Å². The lowest BCUT2D eigenvalue weighted by Crippen LogP contribution is -2.39. The molecule has 1 aromatic rings. The Kier molecular flexibility index (Phi) is 6.71. The van der Waals surface area contributed by atoms with Gasteiger partial charge in [-0.3, -0.25) is 4.79 Å². The number of hydrogen-bond donors (Lipinski definition) is 2. The number of nitrogens with zero attached hydrogens (tertiary/aromatic N) is 2. The summed E-state index contributed by atoms with van der Waals surface area (Å²) >= 11 is 0. The van der Waals surface area contributed by atoms with E-state index in [0.717, 1.165) is 5.56 Å². The Balaban J connectivity index is 2.41. The maximum Gasteiger partial charge on any atom is 0.236 e. The van der Waals surface area contributed by atoms with Gasteiger partial charge in [0, 0.05) is 19.6 Å². The van der Waals surface area contributed by atoms with Gasteiger partial charge in [0.25, 0.3) is 0 Å². The average Bonchev–Trinajstić information content (AvgIpc) is 2.48. The largest absolute Gasteiger partial charge is 0.387 e. The van der Waals surface area contributed by atoms with Gasteiger partial charge in [-0.25, -0.2) is 0 Å². The van der Waals surface area contributed by atoms with E-state index in [0.29, 0.717) is 25.2 Å². The van der Waals surface area contributed by atoms with Crippen molar-refractivity contribution < 1.29 is 9.90 Å². The van der Waals surface area contributed by atoms with Gasteiger partial charge in [-0.05, 0) is 31.5 Å². The van der Waals surface area contributed by atoms with Crippen LogP contribution in [0.3, 0.4) is 0 Å². The monoisotopic (exact) mass is 275 g/mol. The smallest absolute Gasteiger partial charge is 0.236 e. The van der Waals surface area contributed by atoms with Crippen molar-refractivity contribution in [1.82, 2.24) is 10.2 Å². The number of amides is 1. The molecule has 5 heteroatoms. The molecule has 0 aliphatic rings. The Morgan fingerprint density at radius 3 is 2.45 bits per heavy atom. The molecule has 1 amide bonds. The molecule has 0 radical (unpaired) electrons. The number of nitrogens with one attached hydrogen (secondary N) is 1. The summed E-state index contributed by atoms with van der Waals surface area (Å²) in [7, 11) is 0. The Morgan fingerprint density at radius 1 is 1.35 bits per heavy atom. The molecule has 108 valence electrons. The van der Waals surface area contributed by atoms with Gasteiger partial charge in [0.15, 0.2) is 0 Å². The summed E-state index contributed by atoms with van der Waals surface area (Å²) in [6, 6.07) is 8.80. The molecule has 5 nitrogen and oxygen atoms in total. The lowest BCUT2D eigenvalue weighted by molar-refractivity contribution is -0.129. The summed E-state index contributed by atoms with van der Waals surface area (Å²) in [4.78, 5) is 13.5. The predicted molar refractivity (Wildman–Crippen MR) is 76.9 cm³/mol. The average molecular weight is 275 g/mol. The molecule has 0 aromatic heterocycles. The molecule has 1 unspecified atom stereocenters. The quantitative estimate of drug-likeness (QED) is 0.780. The van der Waals surface area contributed by atoms with E-state index >= 15 is 0 Å². The molecule has 1 atom stereocenters. The van der Waals surface area contributed by atoms with Crippen LogP contribution in [-0.2, 0) is 4.79 Å². The van der Waals surface area contributed by atoms with Crippen molar-refractivity contribution in [3.63, 3.8) is 0 Å². The minimum Gasteiger partial charge on any atom is -0.387 e. The van der Waals surface area contributed by atoms with Crippen molar-refractivity contribution in [3.8, 4) is 6.07 Å². The van der Waals surface area contributed by atoms with E-state index in [1.807, 2.05) is 19.9 Å². The first-order valence-electron chi connectivity index (χ1n) is 6.79. The fraction of sp³-hybridized carbons (Fsp3) is 0.467. The molecule has 20 heavy (non-hydrogen) atoms. The third-order valence-electron chi connectivity index (χ3n) is 3.15. The Bertz CT molecular complexity index is 461. The van der Waals surface area contributed by atoms with Crippen molar-refractivity contribution in [2.45, 2.75) is 20.0 Å². The normalized spacial score (nSPS) is 11.7. The highest BCUT2D eigenvalue weighted by Crippen LogP contribution is 2.12. The van der Waals surface area contributed by atoms with Gasteiger partial charge in [-0.15, -0.1) is 0 Å². The molecular formula is C15H21N3O2. The third kappa shape index (κ3) is 4.65. The van der Waals surface area contributed by atoms with Crippen LogP contribution in [0.25, 0.3) is 0 Å². The highest BCUT2D eigenvalue weighted by Gasteiger charge is 2.11. The van der Waals surface area contributed by atoms with Crippen LogP contribution in [0.15, 0.2) is 24.3 Å². The van der Waals surface area contributed by atoms with Crippen molar-refractivity contribution in [3.05, 3.63) is 35.4 Å². The zero-order valence-corrected chi connectivity index (χ0v) is 12.0. The fourth-order valence-electron chi connectivity index (χ4n) is 1.90. The molecule has 0 saturated carbocycles. The van der Waals surface area contributed by atoms with Gasteiger partial charge < -0.3 is 15.3 Å². The molecule has 0 aliphatic carbocycles. The number of aliphatic hydroxyl groups excluding tert-OH is 1. The maximum atomic E-state index is 11.8. The minimum absolute atomic E-state index is 0.0297. The molecular weight excluding hydrogens is 254 g/mol. The Labute approximate surface area is 119 Å². The SMILES string of the molecule is CCN(CC)C(=O)CNCC(O)c1ccc(C#N)cc1. The number of benzene rings is 1. The van der Waals surface area contributed by atoms with Gasteiger partial charge in [-0.1, -0.05) is 12.1 Å². The number of nitriles is 1. The molecule has 0 spiro atoms. The zero-order valence-electron chi connectivity index (χ0n) is 12.0. The van der Waals surface area contributed by atoms with E-state index in [9.17, 15) is 9.90 Å². The maximum absolute atomic E-state index is 11.8.